The summed E-state index contributed by atoms with van der Waals surface area (Å²) in [6.07, 6.45) is 2.75. The lowest BCUT2D eigenvalue weighted by atomic mass is 10.2. The quantitative estimate of drug-likeness (QED) is 0.683. The van der Waals surface area contributed by atoms with Gasteiger partial charge in [0.05, 0.1) is 19.9 Å². The van der Waals surface area contributed by atoms with Crippen molar-refractivity contribution in [3.05, 3.63) is 36.2 Å². The number of anilines is 1. The van der Waals surface area contributed by atoms with Crippen molar-refractivity contribution >= 4 is 11.7 Å². The highest BCUT2D eigenvalue weighted by molar-refractivity contribution is 5.87. The fraction of sp³-hybridized carbons (Fsp3) is 0.500. The molecule has 1 fully saturated rings. The number of piperazine rings is 1. The molecule has 0 aromatic heterocycles. The number of nitrogens with one attached hydrogen (secondary N) is 2. The summed E-state index contributed by atoms with van der Waals surface area (Å²) in [5.41, 5.74) is 7.36. The molecule has 0 bridgehead atoms. The molecule has 8 nitrogen and oxygen atoms in total. The predicted octanol–water partition coefficient (Wildman–Crippen LogP) is 0.547. The van der Waals surface area contributed by atoms with Crippen molar-refractivity contribution in [2.75, 3.05) is 58.4 Å². The number of hydrogen-bond donors (Lipinski definition) is 2. The van der Waals surface area contributed by atoms with Crippen LogP contribution in [0.1, 0.15) is 6.42 Å². The molecule has 8 heteroatoms. The van der Waals surface area contributed by atoms with Gasteiger partial charge in [0.15, 0.2) is 5.70 Å². The molecule has 26 heavy (non-hydrogen) atoms. The smallest absolute Gasteiger partial charge is 0.357 e. The summed E-state index contributed by atoms with van der Waals surface area (Å²) in [5, 5.41) is 1.87. The average molecular weight is 361 g/mol. The van der Waals surface area contributed by atoms with Crippen LogP contribution < -0.4 is 20.6 Å². The van der Waals surface area contributed by atoms with E-state index in [4.69, 9.17) is 4.74 Å². The lowest BCUT2D eigenvalue weighted by Crippen LogP contribution is -2.47. The van der Waals surface area contributed by atoms with E-state index >= 15 is 0 Å². The maximum absolute atomic E-state index is 11.4. The molecule has 1 aromatic rings. The number of benzene rings is 1. The summed E-state index contributed by atoms with van der Waals surface area (Å²) in [6.45, 7) is 5.91. The van der Waals surface area contributed by atoms with Crippen LogP contribution in [0.15, 0.2) is 36.2 Å². The minimum atomic E-state index is -0.368. The van der Waals surface area contributed by atoms with Crippen LogP contribution in [0.4, 0.5) is 5.69 Å². The topological polar surface area (TPSA) is 69.3 Å². The first-order valence-corrected chi connectivity index (χ1v) is 8.90. The Kier molecular flexibility index (Phi) is 6.19. The fourth-order valence-electron chi connectivity index (χ4n) is 3.25. The third-order valence-corrected chi connectivity index (χ3v) is 4.70. The van der Waals surface area contributed by atoms with Gasteiger partial charge in [-0.3, -0.25) is 15.3 Å². The highest BCUT2D eigenvalue weighted by Gasteiger charge is 2.20. The van der Waals surface area contributed by atoms with Crippen molar-refractivity contribution in [3.63, 3.8) is 0 Å². The Morgan fingerprint density at radius 2 is 1.88 bits per heavy atom. The summed E-state index contributed by atoms with van der Waals surface area (Å²) in [4.78, 5) is 16.3. The molecule has 1 saturated heterocycles. The minimum Gasteiger partial charge on any atom is -0.495 e. The molecule has 0 spiro atoms. The summed E-state index contributed by atoms with van der Waals surface area (Å²) < 4.78 is 10.2. The number of carbonyl (C=O) groups is 1. The van der Waals surface area contributed by atoms with Gasteiger partial charge in [0.1, 0.15) is 5.75 Å². The third kappa shape index (κ3) is 4.39. The number of esters is 1. The number of carbonyl (C=O) groups excluding carboxylic acids is 1. The zero-order valence-electron chi connectivity index (χ0n) is 15.4. The zero-order chi connectivity index (χ0) is 18.4. The number of rotatable bonds is 7. The molecule has 0 radical (unpaired) electrons. The van der Waals surface area contributed by atoms with Crippen LogP contribution in [0.3, 0.4) is 0 Å². The highest BCUT2D eigenvalue weighted by Crippen LogP contribution is 2.28. The minimum absolute atomic E-state index is 0.368. The van der Waals surface area contributed by atoms with Gasteiger partial charge in [0.2, 0.25) is 0 Å². The normalized spacial score (nSPS) is 17.7. The molecular formula is C18H27N5O3. The molecule has 0 aliphatic carbocycles. The average Bonchev–Trinajstić information content (AvgIpc) is 3.17. The number of ether oxygens (including phenoxy) is 2. The van der Waals surface area contributed by atoms with Gasteiger partial charge in [-0.1, -0.05) is 12.1 Å². The SMILES string of the molecule is COC(=O)C1=CN(CCCN2CCN(c3ccccc3OC)CC2)NN1. The second-order valence-corrected chi connectivity index (χ2v) is 6.32. The lowest BCUT2D eigenvalue weighted by Gasteiger charge is -2.36. The lowest BCUT2D eigenvalue weighted by molar-refractivity contribution is -0.136. The second kappa shape index (κ2) is 8.77. The van der Waals surface area contributed by atoms with Crippen LogP contribution in [0.5, 0.6) is 5.75 Å². The predicted molar refractivity (Wildman–Crippen MR) is 99.3 cm³/mol. The van der Waals surface area contributed by atoms with Crippen molar-refractivity contribution in [1.29, 1.82) is 0 Å². The van der Waals surface area contributed by atoms with Gasteiger partial charge in [-0.2, -0.15) is 0 Å². The van der Waals surface area contributed by atoms with E-state index in [0.717, 1.165) is 51.4 Å². The van der Waals surface area contributed by atoms with E-state index in [0.29, 0.717) is 5.70 Å². The van der Waals surface area contributed by atoms with Crippen LogP contribution in [0.2, 0.25) is 0 Å². The van der Waals surface area contributed by atoms with Gasteiger partial charge in [0, 0.05) is 45.5 Å². The van der Waals surface area contributed by atoms with E-state index < -0.39 is 0 Å². The molecular weight excluding hydrogens is 334 g/mol. The Bertz CT molecular complexity index is 643. The number of para-hydroxylation sites is 2. The second-order valence-electron chi connectivity index (χ2n) is 6.32. The summed E-state index contributed by atoms with van der Waals surface area (Å²) >= 11 is 0. The first-order valence-electron chi connectivity index (χ1n) is 8.90. The Balaban J connectivity index is 1.40. The maximum atomic E-state index is 11.4. The van der Waals surface area contributed by atoms with Gasteiger partial charge in [-0.25, -0.2) is 4.79 Å². The van der Waals surface area contributed by atoms with Crippen molar-refractivity contribution < 1.29 is 14.3 Å². The summed E-state index contributed by atoms with van der Waals surface area (Å²) in [7, 11) is 3.09. The van der Waals surface area contributed by atoms with Crippen molar-refractivity contribution in [2.24, 2.45) is 0 Å². The highest BCUT2D eigenvalue weighted by atomic mass is 16.5. The molecule has 2 N–H and O–H groups in total. The van der Waals surface area contributed by atoms with E-state index in [-0.39, 0.29) is 5.97 Å². The third-order valence-electron chi connectivity index (χ3n) is 4.70. The standard InChI is InChI=1S/C18H27N5O3/c1-25-17-7-4-3-6-16(17)22-12-10-21(11-13-22)8-5-9-23-14-15(19-20-23)18(24)26-2/h3-4,6-7,14,19-20H,5,8-13H2,1-2H3. The van der Waals surface area contributed by atoms with Crippen LogP contribution in [0, 0.1) is 0 Å². The van der Waals surface area contributed by atoms with Gasteiger partial charge >= 0.3 is 5.97 Å². The zero-order valence-corrected chi connectivity index (χ0v) is 15.4. The molecule has 0 saturated carbocycles. The van der Waals surface area contributed by atoms with Gasteiger partial charge in [-0.05, 0) is 18.6 Å². The number of hydrogen-bond acceptors (Lipinski definition) is 8. The summed E-state index contributed by atoms with van der Waals surface area (Å²) in [6, 6.07) is 8.18. The Morgan fingerprint density at radius 3 is 2.62 bits per heavy atom. The Hall–Kier alpha value is -2.45. The molecule has 2 aliphatic rings. The van der Waals surface area contributed by atoms with Crippen LogP contribution >= 0.6 is 0 Å². The molecule has 2 heterocycles. The van der Waals surface area contributed by atoms with E-state index in [2.05, 4.69) is 37.6 Å². The van der Waals surface area contributed by atoms with Crippen molar-refractivity contribution in [3.8, 4) is 5.75 Å². The van der Waals surface area contributed by atoms with E-state index in [1.54, 1.807) is 13.3 Å². The van der Waals surface area contributed by atoms with Gasteiger partial charge in [0.25, 0.3) is 0 Å². The monoisotopic (exact) mass is 361 g/mol. The Morgan fingerprint density at radius 1 is 1.12 bits per heavy atom. The largest absolute Gasteiger partial charge is 0.495 e. The first-order chi connectivity index (χ1) is 12.7. The molecule has 0 unspecified atom stereocenters. The first kappa shape index (κ1) is 18.3. The van der Waals surface area contributed by atoms with Gasteiger partial charge in [-0.15, -0.1) is 5.53 Å². The number of nitrogens with zero attached hydrogens (tertiary/aromatic N) is 3. The van der Waals surface area contributed by atoms with Crippen molar-refractivity contribution in [2.45, 2.75) is 6.42 Å². The van der Waals surface area contributed by atoms with Gasteiger partial charge < -0.3 is 14.4 Å². The van der Waals surface area contributed by atoms with E-state index in [1.165, 1.54) is 12.8 Å². The molecule has 142 valence electrons. The van der Waals surface area contributed by atoms with E-state index in [1.807, 2.05) is 17.1 Å². The molecule has 3 rings (SSSR count). The fourth-order valence-corrected chi connectivity index (χ4v) is 3.25. The molecule has 0 amide bonds. The van der Waals surface area contributed by atoms with Crippen LogP contribution in [-0.2, 0) is 9.53 Å². The Labute approximate surface area is 154 Å². The van der Waals surface area contributed by atoms with Crippen molar-refractivity contribution in [1.82, 2.24) is 20.9 Å². The van der Waals surface area contributed by atoms with Crippen LogP contribution in [-0.4, -0.2) is 69.4 Å². The number of hydrazine groups is 2. The van der Waals surface area contributed by atoms with E-state index in [9.17, 15) is 4.79 Å². The molecule has 0 atom stereocenters. The number of methoxy groups -OCH3 is 2. The summed E-state index contributed by atoms with van der Waals surface area (Å²) in [5.74, 6) is 0.564. The van der Waals surface area contributed by atoms with Crippen LogP contribution in [0.25, 0.3) is 0 Å². The molecule has 1 aromatic carbocycles. The maximum Gasteiger partial charge on any atom is 0.357 e. The molecule has 2 aliphatic heterocycles.